The molecule has 3 nitrogen and oxygen atoms in total. The topological polar surface area (TPSA) is 29.9 Å². The number of hydrogen-bond acceptors (Lipinski definition) is 2. The molecule has 0 spiro atoms. The fraction of sp³-hybridized carbons (Fsp3) is 0.357. The van der Waals surface area contributed by atoms with Crippen LogP contribution in [0.25, 0.3) is 5.69 Å². The monoisotopic (exact) mass is 263 g/mol. The third kappa shape index (κ3) is 2.14. The fourth-order valence-corrected chi connectivity index (χ4v) is 2.54. The average Bonchev–Trinajstić information content (AvgIpc) is 3.03. The molecule has 1 saturated heterocycles. The molecular weight excluding hydrogens is 248 g/mol. The standard InChI is InChI=1S/C14H15F2N3/c1-9-4-12(16)13(5-11(9)15)19-8-18-7-14(19)10-2-3-17-6-10/h4-5,7-8,10,17H,2-3,6H2,1H3. The highest BCUT2D eigenvalue weighted by molar-refractivity contribution is 5.39. The van der Waals surface area contributed by atoms with E-state index in [4.69, 9.17) is 0 Å². The van der Waals surface area contributed by atoms with E-state index in [-0.39, 0.29) is 5.69 Å². The van der Waals surface area contributed by atoms with Crippen molar-refractivity contribution in [3.63, 3.8) is 0 Å². The van der Waals surface area contributed by atoms with Crippen LogP contribution < -0.4 is 5.32 Å². The van der Waals surface area contributed by atoms with Crippen molar-refractivity contribution in [1.82, 2.24) is 14.9 Å². The Balaban J connectivity index is 2.07. The van der Waals surface area contributed by atoms with Crippen molar-refractivity contribution in [3.8, 4) is 5.69 Å². The number of aryl methyl sites for hydroxylation is 1. The lowest BCUT2D eigenvalue weighted by Crippen LogP contribution is -2.11. The van der Waals surface area contributed by atoms with Crippen molar-refractivity contribution in [2.24, 2.45) is 0 Å². The van der Waals surface area contributed by atoms with E-state index in [9.17, 15) is 8.78 Å². The van der Waals surface area contributed by atoms with E-state index in [0.29, 0.717) is 11.5 Å². The summed E-state index contributed by atoms with van der Waals surface area (Å²) in [7, 11) is 0. The fourth-order valence-electron chi connectivity index (χ4n) is 2.54. The van der Waals surface area contributed by atoms with Crippen LogP contribution in [0.3, 0.4) is 0 Å². The maximum absolute atomic E-state index is 14.0. The van der Waals surface area contributed by atoms with Crippen LogP contribution in [0.1, 0.15) is 23.6 Å². The number of rotatable bonds is 2. The maximum Gasteiger partial charge on any atom is 0.147 e. The highest BCUT2D eigenvalue weighted by Gasteiger charge is 2.22. The highest BCUT2D eigenvalue weighted by Crippen LogP contribution is 2.26. The van der Waals surface area contributed by atoms with E-state index in [2.05, 4.69) is 10.3 Å². The molecule has 100 valence electrons. The molecule has 19 heavy (non-hydrogen) atoms. The SMILES string of the molecule is Cc1cc(F)c(-n2cncc2C2CCNC2)cc1F. The van der Waals surface area contributed by atoms with Gasteiger partial charge in [-0.15, -0.1) is 0 Å². The summed E-state index contributed by atoms with van der Waals surface area (Å²) >= 11 is 0. The van der Waals surface area contributed by atoms with Crippen molar-refractivity contribution in [2.75, 3.05) is 13.1 Å². The minimum absolute atomic E-state index is 0.225. The van der Waals surface area contributed by atoms with Gasteiger partial charge in [0.25, 0.3) is 0 Å². The smallest absolute Gasteiger partial charge is 0.147 e. The third-order valence-electron chi connectivity index (χ3n) is 3.63. The first kappa shape index (κ1) is 12.3. The molecule has 0 bridgehead atoms. The Hall–Kier alpha value is -1.75. The summed E-state index contributed by atoms with van der Waals surface area (Å²) in [6, 6.07) is 2.46. The van der Waals surface area contributed by atoms with E-state index < -0.39 is 11.6 Å². The number of halogens is 2. The molecule has 0 saturated carbocycles. The second kappa shape index (κ2) is 4.74. The van der Waals surface area contributed by atoms with Gasteiger partial charge in [-0.05, 0) is 31.5 Å². The van der Waals surface area contributed by atoms with E-state index in [1.165, 1.54) is 12.1 Å². The molecule has 3 rings (SSSR count). The number of aromatic nitrogens is 2. The van der Waals surface area contributed by atoms with Crippen LogP contribution in [0, 0.1) is 18.6 Å². The molecular formula is C14H15F2N3. The molecule has 1 aliphatic heterocycles. The molecule has 0 aliphatic carbocycles. The lowest BCUT2D eigenvalue weighted by Gasteiger charge is -2.14. The zero-order valence-corrected chi connectivity index (χ0v) is 10.7. The number of hydrogen-bond donors (Lipinski definition) is 1. The molecule has 0 radical (unpaired) electrons. The van der Waals surface area contributed by atoms with Gasteiger partial charge in [0.05, 0.1) is 12.0 Å². The molecule has 1 aromatic heterocycles. The molecule has 1 N–H and O–H groups in total. The van der Waals surface area contributed by atoms with Gasteiger partial charge in [0.1, 0.15) is 11.6 Å². The summed E-state index contributed by atoms with van der Waals surface area (Å²) in [6.45, 7) is 3.35. The maximum atomic E-state index is 14.0. The Morgan fingerprint density at radius 2 is 2.16 bits per heavy atom. The summed E-state index contributed by atoms with van der Waals surface area (Å²) in [4.78, 5) is 4.08. The van der Waals surface area contributed by atoms with Crippen LogP contribution >= 0.6 is 0 Å². The highest BCUT2D eigenvalue weighted by atomic mass is 19.1. The first-order valence-corrected chi connectivity index (χ1v) is 6.36. The Morgan fingerprint density at radius 3 is 2.89 bits per heavy atom. The summed E-state index contributed by atoms with van der Waals surface area (Å²) in [5, 5.41) is 3.27. The van der Waals surface area contributed by atoms with Gasteiger partial charge in [0, 0.05) is 30.4 Å². The van der Waals surface area contributed by atoms with Crippen LogP contribution in [0.4, 0.5) is 8.78 Å². The second-order valence-corrected chi connectivity index (χ2v) is 4.93. The summed E-state index contributed by atoms with van der Waals surface area (Å²) in [5.41, 5.74) is 1.46. The Kier molecular flexibility index (Phi) is 3.06. The van der Waals surface area contributed by atoms with E-state index >= 15 is 0 Å². The molecule has 1 atom stereocenters. The van der Waals surface area contributed by atoms with Crippen LogP contribution in [0.2, 0.25) is 0 Å². The third-order valence-corrected chi connectivity index (χ3v) is 3.63. The Morgan fingerprint density at radius 1 is 1.32 bits per heavy atom. The first-order chi connectivity index (χ1) is 9.16. The number of imidazole rings is 1. The largest absolute Gasteiger partial charge is 0.316 e. The predicted octanol–water partition coefficient (Wildman–Crippen LogP) is 2.54. The van der Waals surface area contributed by atoms with Gasteiger partial charge in [-0.3, -0.25) is 4.57 Å². The van der Waals surface area contributed by atoms with Crippen LogP contribution in [0.15, 0.2) is 24.7 Å². The van der Waals surface area contributed by atoms with Gasteiger partial charge in [-0.25, -0.2) is 13.8 Å². The van der Waals surface area contributed by atoms with Crippen molar-refractivity contribution >= 4 is 0 Å². The van der Waals surface area contributed by atoms with E-state index in [0.717, 1.165) is 25.2 Å². The molecule has 1 aromatic carbocycles. The zero-order valence-electron chi connectivity index (χ0n) is 10.7. The van der Waals surface area contributed by atoms with Gasteiger partial charge >= 0.3 is 0 Å². The molecule has 1 fully saturated rings. The van der Waals surface area contributed by atoms with Crippen molar-refractivity contribution < 1.29 is 8.78 Å². The van der Waals surface area contributed by atoms with Crippen LogP contribution in [-0.2, 0) is 0 Å². The predicted molar refractivity (Wildman–Crippen MR) is 68.4 cm³/mol. The van der Waals surface area contributed by atoms with Gasteiger partial charge < -0.3 is 5.32 Å². The molecule has 1 unspecified atom stereocenters. The van der Waals surface area contributed by atoms with Crippen LogP contribution in [0.5, 0.6) is 0 Å². The molecule has 2 heterocycles. The minimum Gasteiger partial charge on any atom is -0.316 e. The van der Waals surface area contributed by atoms with Gasteiger partial charge in [0.15, 0.2) is 0 Å². The Labute approximate surface area is 110 Å². The normalized spacial score (nSPS) is 19.0. The number of nitrogens with one attached hydrogen (secondary N) is 1. The quantitative estimate of drug-likeness (QED) is 0.902. The van der Waals surface area contributed by atoms with Crippen molar-refractivity contribution in [2.45, 2.75) is 19.3 Å². The molecule has 1 aliphatic rings. The van der Waals surface area contributed by atoms with Crippen molar-refractivity contribution in [3.05, 3.63) is 47.5 Å². The van der Waals surface area contributed by atoms with Gasteiger partial charge in [-0.1, -0.05) is 0 Å². The van der Waals surface area contributed by atoms with Crippen LogP contribution in [-0.4, -0.2) is 22.6 Å². The molecule has 0 amide bonds. The van der Waals surface area contributed by atoms with Crippen molar-refractivity contribution in [1.29, 1.82) is 0 Å². The first-order valence-electron chi connectivity index (χ1n) is 6.36. The molecule has 2 aromatic rings. The summed E-state index contributed by atoms with van der Waals surface area (Å²) < 4.78 is 29.3. The lowest BCUT2D eigenvalue weighted by atomic mass is 10.1. The zero-order chi connectivity index (χ0) is 13.4. The minimum atomic E-state index is -0.427. The lowest BCUT2D eigenvalue weighted by molar-refractivity contribution is 0.581. The van der Waals surface area contributed by atoms with Gasteiger partial charge in [0.2, 0.25) is 0 Å². The summed E-state index contributed by atoms with van der Waals surface area (Å²) in [5.74, 6) is -0.532. The van der Waals surface area contributed by atoms with E-state index in [1.54, 1.807) is 24.0 Å². The summed E-state index contributed by atoms with van der Waals surface area (Å²) in [6.07, 6.45) is 4.26. The average molecular weight is 263 g/mol. The second-order valence-electron chi connectivity index (χ2n) is 4.93. The Bertz CT molecular complexity index is 601. The van der Waals surface area contributed by atoms with E-state index in [1.807, 2.05) is 0 Å². The molecule has 5 heteroatoms. The van der Waals surface area contributed by atoms with Gasteiger partial charge in [-0.2, -0.15) is 0 Å². The number of nitrogens with zero attached hydrogens (tertiary/aromatic N) is 2. The number of benzene rings is 1.